The Hall–Kier alpha value is -2.32. The second-order valence-corrected chi connectivity index (χ2v) is 8.76. The molecule has 1 unspecified atom stereocenters. The Balaban J connectivity index is 1.39. The van der Waals surface area contributed by atoms with Gasteiger partial charge in [-0.25, -0.2) is 0 Å². The Labute approximate surface area is 194 Å². The van der Waals surface area contributed by atoms with Crippen LogP contribution in [0.2, 0.25) is 0 Å². The second-order valence-electron chi connectivity index (χ2n) is 8.76. The van der Waals surface area contributed by atoms with E-state index in [1.54, 1.807) is 0 Å². The van der Waals surface area contributed by atoms with Gasteiger partial charge in [0.25, 0.3) is 0 Å². The van der Waals surface area contributed by atoms with Crippen molar-refractivity contribution in [1.82, 2.24) is 0 Å². The molecule has 3 aromatic rings. The molecule has 6 atom stereocenters. The van der Waals surface area contributed by atoms with Crippen LogP contribution in [-0.2, 0) is 32.2 Å². The number of hydrogen-bond donors (Lipinski definition) is 2. The van der Waals surface area contributed by atoms with E-state index in [9.17, 15) is 5.11 Å². The van der Waals surface area contributed by atoms with Crippen molar-refractivity contribution in [2.75, 3.05) is 13.2 Å². The predicted molar refractivity (Wildman–Crippen MR) is 126 cm³/mol. The van der Waals surface area contributed by atoms with Gasteiger partial charge >= 0.3 is 0 Å². The summed E-state index contributed by atoms with van der Waals surface area (Å²) in [6.07, 6.45) is -1.21. The maximum atomic E-state index is 10.2. The van der Waals surface area contributed by atoms with Crippen LogP contribution >= 0.6 is 0 Å². The van der Waals surface area contributed by atoms with Crippen molar-refractivity contribution in [2.45, 2.75) is 56.3 Å². The van der Waals surface area contributed by atoms with Gasteiger partial charge in [-0.15, -0.1) is 0 Å². The summed E-state index contributed by atoms with van der Waals surface area (Å²) < 4.78 is 25.3. The van der Waals surface area contributed by atoms with Crippen LogP contribution in [0.15, 0.2) is 72.8 Å². The molecule has 3 aromatic carbocycles. The minimum absolute atomic E-state index is 0.0843. The third kappa shape index (κ3) is 4.82. The zero-order valence-electron chi connectivity index (χ0n) is 18.6. The van der Waals surface area contributed by atoms with E-state index in [0.717, 1.165) is 16.5 Å². The van der Waals surface area contributed by atoms with E-state index in [1.807, 2.05) is 48.5 Å². The van der Waals surface area contributed by atoms with Crippen molar-refractivity contribution in [3.63, 3.8) is 0 Å². The van der Waals surface area contributed by atoms with Crippen molar-refractivity contribution >= 4 is 10.8 Å². The summed E-state index contributed by atoms with van der Waals surface area (Å²) in [5, 5.41) is 12.5. The molecule has 2 aliphatic heterocycles. The lowest BCUT2D eigenvalue weighted by Gasteiger charge is -2.43. The molecular weight excluding hydrogens is 418 g/mol. The van der Waals surface area contributed by atoms with Crippen molar-refractivity contribution in [3.05, 3.63) is 83.9 Å². The van der Waals surface area contributed by atoms with Gasteiger partial charge in [-0.1, -0.05) is 72.8 Å². The Morgan fingerprint density at radius 3 is 2.42 bits per heavy atom. The lowest BCUT2D eigenvalue weighted by atomic mass is 9.94. The van der Waals surface area contributed by atoms with E-state index in [-0.39, 0.29) is 31.0 Å². The minimum atomic E-state index is -0.498. The fourth-order valence-corrected chi connectivity index (χ4v) is 4.94. The third-order valence-corrected chi connectivity index (χ3v) is 6.61. The highest BCUT2D eigenvalue weighted by Gasteiger charge is 2.52. The first-order valence-electron chi connectivity index (χ1n) is 11.6. The van der Waals surface area contributed by atoms with Gasteiger partial charge in [0.2, 0.25) is 0 Å². The van der Waals surface area contributed by atoms with Crippen LogP contribution in [0.3, 0.4) is 0 Å². The molecule has 6 nitrogen and oxygen atoms in total. The minimum Gasteiger partial charge on any atom is -0.394 e. The fraction of sp³-hybridized carbons (Fsp3) is 0.407. The Morgan fingerprint density at radius 2 is 1.61 bits per heavy atom. The molecule has 2 aliphatic rings. The first kappa shape index (κ1) is 22.5. The zero-order chi connectivity index (χ0) is 22.6. The van der Waals surface area contributed by atoms with Crippen LogP contribution in [0.25, 0.3) is 10.8 Å². The van der Waals surface area contributed by atoms with Crippen molar-refractivity contribution in [2.24, 2.45) is 5.73 Å². The van der Waals surface area contributed by atoms with E-state index < -0.39 is 12.2 Å². The standard InChI is InChI=1S/C27H31NO5/c28-14-21-13-23-26(32-21)27(30-16-18-7-2-1-3-8-18)25(24(15-29)33-23)31-17-20-11-6-10-19-9-4-5-12-22(19)20/h1-12,21,23-27,29H,13-17,28H2/t21?,23-,24-,25-,26+,27+/m1/s1. The number of ether oxygens (including phenoxy) is 4. The highest BCUT2D eigenvalue weighted by molar-refractivity contribution is 5.85. The van der Waals surface area contributed by atoms with Crippen LogP contribution < -0.4 is 5.73 Å². The molecule has 0 amide bonds. The summed E-state index contributed by atoms with van der Waals surface area (Å²) in [6, 6.07) is 24.5. The molecule has 2 heterocycles. The van der Waals surface area contributed by atoms with Crippen LogP contribution in [-0.4, -0.2) is 54.9 Å². The van der Waals surface area contributed by atoms with E-state index in [0.29, 0.717) is 26.2 Å². The summed E-state index contributed by atoms with van der Waals surface area (Å²) in [7, 11) is 0. The highest BCUT2D eigenvalue weighted by Crippen LogP contribution is 2.36. The summed E-state index contributed by atoms with van der Waals surface area (Å²) in [6.45, 7) is 1.08. The predicted octanol–water partition coefficient (Wildman–Crippen LogP) is 3.19. The molecule has 0 aromatic heterocycles. The van der Waals surface area contributed by atoms with Gasteiger partial charge in [-0.05, 0) is 21.9 Å². The van der Waals surface area contributed by atoms with Crippen LogP contribution in [0.4, 0.5) is 0 Å². The normalized spacial score (nSPS) is 29.3. The molecule has 5 rings (SSSR count). The topological polar surface area (TPSA) is 83.2 Å². The lowest BCUT2D eigenvalue weighted by Crippen LogP contribution is -2.59. The molecule has 3 N–H and O–H groups in total. The zero-order valence-corrected chi connectivity index (χ0v) is 18.6. The van der Waals surface area contributed by atoms with Crippen LogP contribution in [0.1, 0.15) is 17.5 Å². The van der Waals surface area contributed by atoms with Gasteiger partial charge in [0.15, 0.2) is 0 Å². The number of aliphatic hydroxyl groups excluding tert-OH is 1. The van der Waals surface area contributed by atoms with Crippen LogP contribution in [0.5, 0.6) is 0 Å². The average molecular weight is 450 g/mol. The van der Waals surface area contributed by atoms with Crippen LogP contribution in [0, 0.1) is 0 Å². The largest absolute Gasteiger partial charge is 0.394 e. The second kappa shape index (κ2) is 10.3. The van der Waals surface area contributed by atoms with E-state index in [4.69, 9.17) is 24.7 Å². The number of aliphatic hydroxyl groups is 1. The third-order valence-electron chi connectivity index (χ3n) is 6.61. The van der Waals surface area contributed by atoms with Gasteiger partial charge in [-0.3, -0.25) is 0 Å². The van der Waals surface area contributed by atoms with Crippen molar-refractivity contribution in [3.8, 4) is 0 Å². The maximum absolute atomic E-state index is 10.2. The molecule has 0 aliphatic carbocycles. The van der Waals surface area contributed by atoms with Gasteiger partial charge in [-0.2, -0.15) is 0 Å². The van der Waals surface area contributed by atoms with E-state index in [2.05, 4.69) is 24.3 Å². The van der Waals surface area contributed by atoms with Gasteiger partial charge in [0, 0.05) is 13.0 Å². The SMILES string of the molecule is NCC1C[C@H]2O[C@H](CO)[C@@H](OCc3cccc4ccccc34)[C@H](OCc3ccccc3)[C@H]2O1. The molecule has 6 heteroatoms. The molecule has 174 valence electrons. The number of benzene rings is 3. The quantitative estimate of drug-likeness (QED) is 0.550. The Kier molecular flexibility index (Phi) is 7.02. The number of rotatable bonds is 8. The summed E-state index contributed by atoms with van der Waals surface area (Å²) >= 11 is 0. The van der Waals surface area contributed by atoms with Gasteiger partial charge in [0.1, 0.15) is 24.4 Å². The highest BCUT2D eigenvalue weighted by atomic mass is 16.6. The fourth-order valence-electron chi connectivity index (χ4n) is 4.94. The molecule has 0 spiro atoms. The molecular formula is C27H31NO5. The molecule has 33 heavy (non-hydrogen) atoms. The molecule has 2 saturated heterocycles. The first-order chi connectivity index (χ1) is 16.3. The maximum Gasteiger partial charge on any atom is 0.115 e. The number of nitrogens with two attached hydrogens (primary N) is 1. The molecule has 0 radical (unpaired) electrons. The molecule has 0 bridgehead atoms. The van der Waals surface area contributed by atoms with Gasteiger partial charge in [0.05, 0.1) is 32.0 Å². The summed E-state index contributed by atoms with van der Waals surface area (Å²) in [5.41, 5.74) is 8.04. The van der Waals surface area contributed by atoms with Crippen molar-refractivity contribution in [1.29, 1.82) is 0 Å². The van der Waals surface area contributed by atoms with Gasteiger partial charge < -0.3 is 29.8 Å². The van der Waals surface area contributed by atoms with Crippen molar-refractivity contribution < 1.29 is 24.1 Å². The Morgan fingerprint density at radius 1 is 0.848 bits per heavy atom. The Bertz CT molecular complexity index is 1040. The monoisotopic (exact) mass is 449 g/mol. The summed E-state index contributed by atoms with van der Waals surface area (Å²) in [5.74, 6) is 0. The molecule has 0 saturated carbocycles. The lowest BCUT2D eigenvalue weighted by molar-refractivity contribution is -0.248. The van der Waals surface area contributed by atoms with E-state index in [1.165, 1.54) is 5.39 Å². The molecule has 2 fully saturated rings. The van der Waals surface area contributed by atoms with E-state index >= 15 is 0 Å². The number of hydrogen-bond acceptors (Lipinski definition) is 6. The summed E-state index contributed by atoms with van der Waals surface area (Å²) in [4.78, 5) is 0. The smallest absolute Gasteiger partial charge is 0.115 e. The first-order valence-corrected chi connectivity index (χ1v) is 11.6. The average Bonchev–Trinajstić information content (AvgIpc) is 3.29. The number of fused-ring (bicyclic) bond motifs is 2.